The third-order valence-corrected chi connectivity index (χ3v) is 5.82. The Balaban J connectivity index is 1.55. The zero-order valence-electron chi connectivity index (χ0n) is 18.8. The second-order valence-corrected chi connectivity index (χ2v) is 8.31. The first-order chi connectivity index (χ1) is 16.5. The molecule has 0 saturated carbocycles. The quantitative estimate of drug-likeness (QED) is 0.447. The van der Waals surface area contributed by atoms with Gasteiger partial charge in [0.05, 0.1) is 6.54 Å². The topological polar surface area (TPSA) is 115 Å². The lowest BCUT2D eigenvalue weighted by molar-refractivity contribution is -0.121. The molecule has 1 aliphatic rings. The van der Waals surface area contributed by atoms with E-state index in [0.717, 1.165) is 11.1 Å². The fourth-order valence-corrected chi connectivity index (χ4v) is 3.99. The van der Waals surface area contributed by atoms with Crippen LogP contribution < -0.4 is 10.6 Å². The molecule has 176 valence electrons. The second-order valence-electron chi connectivity index (χ2n) is 8.31. The monoisotopic (exact) mass is 460 g/mol. The third kappa shape index (κ3) is 5.64. The van der Waals surface area contributed by atoms with Crippen LogP contribution in [0.4, 0.5) is 0 Å². The van der Waals surface area contributed by atoms with E-state index in [0.29, 0.717) is 55.7 Å². The van der Waals surface area contributed by atoms with E-state index in [2.05, 4.69) is 15.6 Å². The number of H-pyrrole nitrogens is 1. The summed E-state index contributed by atoms with van der Waals surface area (Å²) in [6.07, 6.45) is 3.53. The first-order valence-electron chi connectivity index (χ1n) is 11.4. The van der Waals surface area contributed by atoms with Gasteiger partial charge in [-0.05, 0) is 66.8 Å². The smallest absolute Gasteiger partial charge is 0.270 e. The van der Waals surface area contributed by atoms with E-state index in [4.69, 9.17) is 0 Å². The Hall–Kier alpha value is -4.07. The van der Waals surface area contributed by atoms with Crippen LogP contribution >= 0.6 is 0 Å². The van der Waals surface area contributed by atoms with Crippen molar-refractivity contribution in [1.82, 2.24) is 20.5 Å². The number of benzene rings is 2. The molecule has 3 amide bonds. The van der Waals surface area contributed by atoms with Gasteiger partial charge in [0.1, 0.15) is 11.4 Å². The van der Waals surface area contributed by atoms with E-state index in [1.54, 1.807) is 48.7 Å². The summed E-state index contributed by atoms with van der Waals surface area (Å²) in [6.45, 7) is 1.20. The highest BCUT2D eigenvalue weighted by molar-refractivity contribution is 5.96. The molecule has 0 atom stereocenters. The fraction of sp³-hybridized carbons (Fsp3) is 0.269. The number of nitrogens with one attached hydrogen (secondary N) is 3. The summed E-state index contributed by atoms with van der Waals surface area (Å²) in [5, 5.41) is 16.2. The summed E-state index contributed by atoms with van der Waals surface area (Å²) in [5.74, 6) is -0.546. The van der Waals surface area contributed by atoms with Crippen LogP contribution in [0.1, 0.15) is 39.3 Å². The molecule has 4 rings (SSSR count). The maximum atomic E-state index is 12.9. The van der Waals surface area contributed by atoms with Gasteiger partial charge in [-0.15, -0.1) is 0 Å². The Morgan fingerprint density at radius 2 is 1.76 bits per heavy atom. The molecule has 0 unspecified atom stereocenters. The lowest BCUT2D eigenvalue weighted by Crippen LogP contribution is -2.42. The molecule has 0 fully saturated rings. The Bertz CT molecular complexity index is 1170. The van der Waals surface area contributed by atoms with Crippen molar-refractivity contribution >= 4 is 17.7 Å². The van der Waals surface area contributed by atoms with Crippen molar-refractivity contribution in [2.45, 2.75) is 19.3 Å². The van der Waals surface area contributed by atoms with Crippen molar-refractivity contribution in [3.8, 4) is 16.9 Å². The number of phenolic OH excluding ortho intramolecular Hbond substituents is 1. The molecule has 3 aromatic rings. The van der Waals surface area contributed by atoms with Crippen LogP contribution in [-0.4, -0.2) is 58.9 Å². The maximum absolute atomic E-state index is 12.9. The summed E-state index contributed by atoms with van der Waals surface area (Å²) >= 11 is 0. The van der Waals surface area contributed by atoms with Crippen LogP contribution in [0.5, 0.6) is 5.75 Å². The Morgan fingerprint density at radius 3 is 2.59 bits per heavy atom. The van der Waals surface area contributed by atoms with Crippen molar-refractivity contribution in [2.75, 3.05) is 26.2 Å². The predicted octanol–water partition coefficient (Wildman–Crippen LogP) is 2.71. The van der Waals surface area contributed by atoms with Gasteiger partial charge < -0.3 is 25.6 Å². The molecule has 2 aromatic carbocycles. The average molecular weight is 461 g/mol. The molecule has 1 aliphatic heterocycles. The van der Waals surface area contributed by atoms with Crippen molar-refractivity contribution < 1.29 is 19.5 Å². The molecule has 0 saturated heterocycles. The Kier molecular flexibility index (Phi) is 7.27. The SMILES string of the molecule is O=C1CN(C(=O)c2ccc[nH]2)CCCCNC(=O)c2cccc(c2)-c2cc(ccc2O)CCN1. The van der Waals surface area contributed by atoms with Gasteiger partial charge in [-0.2, -0.15) is 0 Å². The number of nitrogens with zero attached hydrogens (tertiary/aromatic N) is 1. The van der Waals surface area contributed by atoms with Gasteiger partial charge in [-0.25, -0.2) is 0 Å². The molecular weight excluding hydrogens is 432 g/mol. The highest BCUT2D eigenvalue weighted by atomic mass is 16.3. The van der Waals surface area contributed by atoms with Crippen LogP contribution in [0.15, 0.2) is 60.8 Å². The molecule has 4 bridgehead atoms. The number of rotatable bonds is 1. The minimum atomic E-state index is -0.237. The van der Waals surface area contributed by atoms with E-state index < -0.39 is 0 Å². The molecule has 1 aromatic heterocycles. The fourth-order valence-electron chi connectivity index (χ4n) is 3.99. The highest BCUT2D eigenvalue weighted by Gasteiger charge is 2.19. The molecule has 4 N–H and O–H groups in total. The van der Waals surface area contributed by atoms with E-state index >= 15 is 0 Å². The normalized spacial score (nSPS) is 15.6. The minimum absolute atomic E-state index is 0.0460. The number of aromatic amines is 1. The zero-order chi connectivity index (χ0) is 23.9. The molecule has 0 radical (unpaired) electrons. The van der Waals surface area contributed by atoms with Gasteiger partial charge in [0.15, 0.2) is 0 Å². The van der Waals surface area contributed by atoms with Crippen molar-refractivity contribution in [3.05, 3.63) is 77.6 Å². The number of phenols is 1. The van der Waals surface area contributed by atoms with Crippen LogP contribution in [0.3, 0.4) is 0 Å². The number of carbonyl (C=O) groups is 3. The number of hydrogen-bond acceptors (Lipinski definition) is 4. The van der Waals surface area contributed by atoms with Gasteiger partial charge in [-0.1, -0.05) is 18.2 Å². The summed E-state index contributed by atoms with van der Waals surface area (Å²) in [7, 11) is 0. The van der Waals surface area contributed by atoms with Crippen LogP contribution in [0.25, 0.3) is 11.1 Å². The van der Waals surface area contributed by atoms with E-state index in [1.807, 2.05) is 12.1 Å². The predicted molar refractivity (Wildman–Crippen MR) is 129 cm³/mol. The van der Waals surface area contributed by atoms with E-state index in [1.165, 1.54) is 4.90 Å². The number of aromatic nitrogens is 1. The van der Waals surface area contributed by atoms with Crippen LogP contribution in [0.2, 0.25) is 0 Å². The van der Waals surface area contributed by atoms with Crippen LogP contribution in [-0.2, 0) is 11.2 Å². The molecule has 8 nitrogen and oxygen atoms in total. The van der Waals surface area contributed by atoms with Gasteiger partial charge in [-0.3, -0.25) is 14.4 Å². The van der Waals surface area contributed by atoms with Gasteiger partial charge in [0, 0.05) is 37.0 Å². The molecule has 8 heteroatoms. The number of fused-ring (bicyclic) bond motifs is 5. The average Bonchev–Trinajstić information content (AvgIpc) is 3.38. The Labute approximate surface area is 198 Å². The number of hydrogen-bond donors (Lipinski definition) is 4. The van der Waals surface area contributed by atoms with E-state index in [-0.39, 0.29) is 30.0 Å². The molecule has 0 spiro atoms. The van der Waals surface area contributed by atoms with Gasteiger partial charge in [0.2, 0.25) is 5.91 Å². The van der Waals surface area contributed by atoms with Crippen LogP contribution in [0, 0.1) is 0 Å². The highest BCUT2D eigenvalue weighted by Crippen LogP contribution is 2.30. The van der Waals surface area contributed by atoms with Gasteiger partial charge in [0.25, 0.3) is 11.8 Å². The largest absolute Gasteiger partial charge is 0.507 e. The Morgan fingerprint density at radius 1 is 0.912 bits per heavy atom. The number of amides is 3. The zero-order valence-corrected chi connectivity index (χ0v) is 18.8. The van der Waals surface area contributed by atoms with Crippen molar-refractivity contribution in [1.29, 1.82) is 0 Å². The lowest BCUT2D eigenvalue weighted by atomic mass is 9.98. The number of aromatic hydroxyl groups is 1. The summed E-state index contributed by atoms with van der Waals surface area (Å²) in [4.78, 5) is 42.5. The van der Waals surface area contributed by atoms with Crippen molar-refractivity contribution in [3.63, 3.8) is 0 Å². The first-order valence-corrected chi connectivity index (χ1v) is 11.4. The number of carbonyl (C=O) groups excluding carboxylic acids is 3. The van der Waals surface area contributed by atoms with E-state index in [9.17, 15) is 19.5 Å². The molecular formula is C26H28N4O4. The second kappa shape index (κ2) is 10.7. The summed E-state index contributed by atoms with van der Waals surface area (Å²) in [5.41, 5.74) is 3.25. The minimum Gasteiger partial charge on any atom is -0.507 e. The lowest BCUT2D eigenvalue weighted by Gasteiger charge is -2.22. The summed E-state index contributed by atoms with van der Waals surface area (Å²) in [6, 6.07) is 15.9. The molecule has 2 heterocycles. The molecule has 34 heavy (non-hydrogen) atoms. The first kappa shape index (κ1) is 23.1. The standard InChI is InChI=1S/C26H28N4O4/c31-23-9-8-18-10-13-28-24(32)17-30(26(34)22-7-4-12-27-22)14-2-1-11-29-25(33)20-6-3-5-19(16-20)21(23)15-18/h3-9,12,15-16,27,31H,1-2,10-11,13-14,17H2,(H,28,32)(H,29,33). The third-order valence-electron chi connectivity index (χ3n) is 5.82. The molecule has 0 aliphatic carbocycles. The van der Waals surface area contributed by atoms with Crippen molar-refractivity contribution in [2.24, 2.45) is 0 Å². The van der Waals surface area contributed by atoms with Gasteiger partial charge >= 0.3 is 0 Å². The maximum Gasteiger partial charge on any atom is 0.270 e. The summed E-state index contributed by atoms with van der Waals surface area (Å²) < 4.78 is 0.